The molecule has 1 saturated heterocycles. The molecule has 10 nitrogen and oxygen atoms in total. The van der Waals surface area contributed by atoms with Crippen LogP contribution in [0, 0.1) is 0 Å². The van der Waals surface area contributed by atoms with Gasteiger partial charge in [-0.15, -0.1) is 0 Å². The molecule has 0 aromatic heterocycles. The summed E-state index contributed by atoms with van der Waals surface area (Å²) in [7, 11) is -1.70. The van der Waals surface area contributed by atoms with Gasteiger partial charge in [0.05, 0.1) is 26.0 Å². The Kier molecular flexibility index (Phi) is 10.1. The lowest BCUT2D eigenvalue weighted by Crippen LogP contribution is -2.54. The zero-order valence-electron chi connectivity index (χ0n) is 17.7. The van der Waals surface area contributed by atoms with E-state index in [-0.39, 0.29) is 5.91 Å². The second-order valence-corrected chi connectivity index (χ2v) is 9.28. The largest absolute Gasteiger partial charge is 0.383 e. The molecule has 0 spiro atoms. The summed E-state index contributed by atoms with van der Waals surface area (Å²) in [6.45, 7) is 11.1. The third-order valence-corrected chi connectivity index (χ3v) is 5.01. The van der Waals surface area contributed by atoms with Gasteiger partial charge in [-0.05, 0) is 20.8 Å². The van der Waals surface area contributed by atoms with Crippen molar-refractivity contribution in [3.8, 4) is 0 Å². The number of rotatable bonds is 10. The number of ether oxygens (including phenoxy) is 1. The monoisotopic (exact) mass is 420 g/mol. The highest BCUT2D eigenvalue weighted by atomic mass is 32.2. The van der Waals surface area contributed by atoms with Crippen LogP contribution >= 0.6 is 0 Å². The highest BCUT2D eigenvalue weighted by Gasteiger charge is 2.24. The minimum Gasteiger partial charge on any atom is -0.383 e. The van der Waals surface area contributed by atoms with Crippen molar-refractivity contribution >= 4 is 21.9 Å². The maximum atomic E-state index is 11.9. The summed E-state index contributed by atoms with van der Waals surface area (Å²) in [5.74, 6) is 0.759. The molecule has 1 aliphatic heterocycles. The van der Waals surface area contributed by atoms with Gasteiger partial charge in [0.2, 0.25) is 15.9 Å². The van der Waals surface area contributed by atoms with Crippen molar-refractivity contribution in [3.63, 3.8) is 0 Å². The van der Waals surface area contributed by atoms with E-state index in [0.29, 0.717) is 26.2 Å². The molecule has 11 heteroatoms. The molecule has 1 heterocycles. The molecule has 1 amide bonds. The van der Waals surface area contributed by atoms with Gasteiger partial charge in [0.15, 0.2) is 5.96 Å². The van der Waals surface area contributed by atoms with Crippen LogP contribution in [-0.4, -0.2) is 108 Å². The van der Waals surface area contributed by atoms with E-state index in [1.807, 2.05) is 6.92 Å². The molecule has 0 aliphatic carbocycles. The minimum atomic E-state index is -3.30. The SMILES string of the molecule is CCNC(=NCC(C)(C)NS(C)(=O)=O)N1CCN(CC(=O)NCCOC)CC1. The van der Waals surface area contributed by atoms with E-state index in [2.05, 4.69) is 30.1 Å². The zero-order chi connectivity index (χ0) is 21.2. The van der Waals surface area contributed by atoms with E-state index in [1.54, 1.807) is 21.0 Å². The fourth-order valence-electron chi connectivity index (χ4n) is 2.90. The van der Waals surface area contributed by atoms with Crippen LogP contribution in [0.15, 0.2) is 4.99 Å². The van der Waals surface area contributed by atoms with Gasteiger partial charge < -0.3 is 20.3 Å². The van der Waals surface area contributed by atoms with E-state index in [9.17, 15) is 13.2 Å². The molecule has 0 saturated carbocycles. The van der Waals surface area contributed by atoms with Crippen LogP contribution in [0.2, 0.25) is 0 Å². The Balaban J connectivity index is 2.56. The lowest BCUT2D eigenvalue weighted by molar-refractivity contribution is -0.122. The van der Waals surface area contributed by atoms with Gasteiger partial charge in [-0.2, -0.15) is 0 Å². The summed E-state index contributed by atoms with van der Waals surface area (Å²) in [5.41, 5.74) is -0.670. The molecular formula is C17H36N6O4S. The number of carbonyl (C=O) groups excluding carboxylic acids is 1. The number of carbonyl (C=O) groups is 1. The Morgan fingerprint density at radius 2 is 1.82 bits per heavy atom. The number of hydrogen-bond donors (Lipinski definition) is 3. The molecule has 0 aromatic rings. The first-order chi connectivity index (χ1) is 13.1. The van der Waals surface area contributed by atoms with Gasteiger partial charge in [-0.3, -0.25) is 14.7 Å². The van der Waals surface area contributed by atoms with E-state index >= 15 is 0 Å². The Bertz CT molecular complexity index is 615. The van der Waals surface area contributed by atoms with Crippen LogP contribution in [0.5, 0.6) is 0 Å². The van der Waals surface area contributed by atoms with Gasteiger partial charge in [0.25, 0.3) is 0 Å². The Morgan fingerprint density at radius 3 is 2.36 bits per heavy atom. The molecule has 164 valence electrons. The molecule has 0 radical (unpaired) electrons. The summed E-state index contributed by atoms with van der Waals surface area (Å²) in [4.78, 5) is 20.8. The first kappa shape index (κ1) is 24.6. The van der Waals surface area contributed by atoms with E-state index in [1.165, 1.54) is 0 Å². The van der Waals surface area contributed by atoms with E-state index in [4.69, 9.17) is 4.74 Å². The van der Waals surface area contributed by atoms with Crippen LogP contribution in [0.3, 0.4) is 0 Å². The van der Waals surface area contributed by atoms with Crippen molar-refractivity contribution in [2.24, 2.45) is 4.99 Å². The minimum absolute atomic E-state index is 0.000303. The number of nitrogens with one attached hydrogen (secondary N) is 3. The van der Waals surface area contributed by atoms with Crippen LogP contribution < -0.4 is 15.4 Å². The van der Waals surface area contributed by atoms with Crippen LogP contribution in [0.1, 0.15) is 20.8 Å². The maximum absolute atomic E-state index is 11.9. The van der Waals surface area contributed by atoms with Gasteiger partial charge in [0.1, 0.15) is 0 Å². The summed E-state index contributed by atoms with van der Waals surface area (Å²) >= 11 is 0. The molecule has 1 aliphatic rings. The van der Waals surface area contributed by atoms with Crippen molar-refractivity contribution in [2.75, 3.05) is 72.3 Å². The van der Waals surface area contributed by atoms with Crippen molar-refractivity contribution in [3.05, 3.63) is 0 Å². The number of guanidine groups is 1. The van der Waals surface area contributed by atoms with E-state index < -0.39 is 15.6 Å². The van der Waals surface area contributed by atoms with Gasteiger partial charge in [0, 0.05) is 51.9 Å². The summed E-state index contributed by atoms with van der Waals surface area (Å²) < 4.78 is 30.5. The van der Waals surface area contributed by atoms with Crippen molar-refractivity contribution in [2.45, 2.75) is 26.3 Å². The first-order valence-electron chi connectivity index (χ1n) is 9.56. The average Bonchev–Trinajstić information content (AvgIpc) is 2.57. The normalized spacial score (nSPS) is 16.9. The third kappa shape index (κ3) is 10.2. The number of nitrogens with zero attached hydrogens (tertiary/aromatic N) is 3. The number of sulfonamides is 1. The number of hydrogen-bond acceptors (Lipinski definition) is 6. The van der Waals surface area contributed by atoms with E-state index in [0.717, 1.165) is 44.9 Å². The second kappa shape index (κ2) is 11.5. The summed E-state index contributed by atoms with van der Waals surface area (Å²) in [5, 5.41) is 6.09. The zero-order valence-corrected chi connectivity index (χ0v) is 18.6. The van der Waals surface area contributed by atoms with Gasteiger partial charge >= 0.3 is 0 Å². The number of methoxy groups -OCH3 is 1. The Labute approximate surface area is 169 Å². The summed E-state index contributed by atoms with van der Waals surface area (Å²) in [6, 6.07) is 0. The number of aliphatic imine (C=N–C) groups is 1. The molecular weight excluding hydrogens is 384 g/mol. The fourth-order valence-corrected chi connectivity index (χ4v) is 3.97. The van der Waals surface area contributed by atoms with Crippen LogP contribution in [0.4, 0.5) is 0 Å². The van der Waals surface area contributed by atoms with Crippen molar-refractivity contribution in [1.82, 2.24) is 25.2 Å². The fraction of sp³-hybridized carbons (Fsp3) is 0.882. The Hall–Kier alpha value is -1.43. The predicted octanol–water partition coefficient (Wildman–Crippen LogP) is -1.34. The smallest absolute Gasteiger partial charge is 0.234 e. The average molecular weight is 421 g/mol. The van der Waals surface area contributed by atoms with Crippen LogP contribution in [0.25, 0.3) is 0 Å². The van der Waals surface area contributed by atoms with Gasteiger partial charge in [-0.1, -0.05) is 0 Å². The summed E-state index contributed by atoms with van der Waals surface area (Å²) in [6.07, 6.45) is 1.15. The maximum Gasteiger partial charge on any atom is 0.234 e. The van der Waals surface area contributed by atoms with Crippen molar-refractivity contribution in [1.29, 1.82) is 0 Å². The second-order valence-electron chi connectivity index (χ2n) is 7.53. The highest BCUT2D eigenvalue weighted by molar-refractivity contribution is 7.88. The van der Waals surface area contributed by atoms with Crippen LogP contribution in [-0.2, 0) is 19.6 Å². The molecule has 0 unspecified atom stereocenters. The number of amides is 1. The molecule has 1 fully saturated rings. The lowest BCUT2D eigenvalue weighted by atomic mass is 10.1. The molecule has 28 heavy (non-hydrogen) atoms. The molecule has 3 N–H and O–H groups in total. The molecule has 1 rings (SSSR count). The molecule has 0 aromatic carbocycles. The predicted molar refractivity (Wildman–Crippen MR) is 111 cm³/mol. The topological polar surface area (TPSA) is 115 Å². The lowest BCUT2D eigenvalue weighted by Gasteiger charge is -2.36. The molecule has 0 bridgehead atoms. The standard InChI is InChI=1S/C17H36N6O4S/c1-6-18-16(20-14-17(2,3)21-28(5,25)26)23-10-8-22(9-11-23)13-15(24)19-7-12-27-4/h21H,6-14H2,1-5H3,(H,18,20)(H,19,24). The molecule has 0 atom stereocenters. The number of piperazine rings is 1. The highest BCUT2D eigenvalue weighted by Crippen LogP contribution is 2.07. The third-order valence-electron chi connectivity index (χ3n) is 4.09. The first-order valence-corrected chi connectivity index (χ1v) is 11.5. The quantitative estimate of drug-likeness (QED) is 0.228. The Morgan fingerprint density at radius 1 is 1.18 bits per heavy atom. The van der Waals surface area contributed by atoms with Gasteiger partial charge in [-0.25, -0.2) is 13.1 Å². The van der Waals surface area contributed by atoms with Crippen molar-refractivity contribution < 1.29 is 17.9 Å².